The molecule has 2 rings (SSSR count). The van der Waals surface area contributed by atoms with Crippen LogP contribution in [0.3, 0.4) is 0 Å². The van der Waals surface area contributed by atoms with Gasteiger partial charge in [-0.25, -0.2) is 4.79 Å². The Bertz CT molecular complexity index is 459. The number of rotatable bonds is 4. The lowest BCUT2D eigenvalue weighted by atomic mass is 10.0. The van der Waals surface area contributed by atoms with Crippen molar-refractivity contribution >= 4 is 11.7 Å². The van der Waals surface area contributed by atoms with Crippen molar-refractivity contribution in [2.75, 3.05) is 32.1 Å². The molecule has 0 aromatic heterocycles. The van der Waals surface area contributed by atoms with E-state index in [1.54, 1.807) is 4.90 Å². The van der Waals surface area contributed by atoms with Gasteiger partial charge in [0.1, 0.15) is 0 Å². The summed E-state index contributed by atoms with van der Waals surface area (Å²) >= 11 is 0. The second-order valence-corrected chi connectivity index (χ2v) is 5.75. The number of hydrogen-bond acceptors (Lipinski definition) is 3. The molecule has 1 aliphatic rings. The van der Waals surface area contributed by atoms with Crippen LogP contribution in [-0.4, -0.2) is 49.3 Å². The zero-order valence-corrected chi connectivity index (χ0v) is 12.9. The van der Waals surface area contributed by atoms with Gasteiger partial charge in [-0.2, -0.15) is 0 Å². The molecule has 0 spiro atoms. The normalized spacial score (nSPS) is 18.4. The van der Waals surface area contributed by atoms with E-state index in [-0.39, 0.29) is 18.7 Å². The van der Waals surface area contributed by atoms with Crippen LogP contribution in [0.15, 0.2) is 24.3 Å². The van der Waals surface area contributed by atoms with Crippen LogP contribution in [0.1, 0.15) is 24.8 Å². The van der Waals surface area contributed by atoms with Crippen molar-refractivity contribution in [1.29, 1.82) is 0 Å². The lowest BCUT2D eigenvalue weighted by molar-refractivity contribution is 0.108. The predicted molar refractivity (Wildman–Crippen MR) is 84.4 cm³/mol. The van der Waals surface area contributed by atoms with Gasteiger partial charge in [0, 0.05) is 32.9 Å². The van der Waals surface area contributed by atoms with Gasteiger partial charge < -0.3 is 20.2 Å². The van der Waals surface area contributed by atoms with Crippen molar-refractivity contribution in [1.82, 2.24) is 10.2 Å². The molecule has 0 aliphatic carbocycles. The third-order valence-corrected chi connectivity index (χ3v) is 4.00. The first-order valence-corrected chi connectivity index (χ1v) is 7.53. The Balaban J connectivity index is 1.88. The summed E-state index contributed by atoms with van der Waals surface area (Å²) in [4.78, 5) is 16.0. The number of nitrogens with zero attached hydrogens (tertiary/aromatic N) is 2. The molecule has 1 aromatic carbocycles. The first-order valence-electron chi connectivity index (χ1n) is 7.53. The molecule has 1 heterocycles. The highest BCUT2D eigenvalue weighted by atomic mass is 16.3. The molecule has 0 radical (unpaired) electrons. The van der Waals surface area contributed by atoms with E-state index in [1.807, 2.05) is 43.3 Å². The summed E-state index contributed by atoms with van der Waals surface area (Å²) < 4.78 is 0. The maximum absolute atomic E-state index is 12.2. The van der Waals surface area contributed by atoms with Gasteiger partial charge >= 0.3 is 6.03 Å². The van der Waals surface area contributed by atoms with Gasteiger partial charge in [-0.05, 0) is 37.0 Å². The van der Waals surface area contributed by atoms with Crippen LogP contribution >= 0.6 is 0 Å². The van der Waals surface area contributed by atoms with Crippen LogP contribution < -0.4 is 10.2 Å². The molecule has 5 nitrogen and oxygen atoms in total. The van der Waals surface area contributed by atoms with E-state index in [4.69, 9.17) is 0 Å². The molecule has 1 unspecified atom stereocenters. The lowest BCUT2D eigenvalue weighted by Gasteiger charge is -2.34. The molecule has 1 fully saturated rings. The third kappa shape index (κ3) is 4.11. The SMILES string of the molecule is CN(C)c1ccc(CNC(=O)N2CCCCC2CO)cc1. The zero-order valence-electron chi connectivity index (χ0n) is 12.9. The van der Waals surface area contributed by atoms with E-state index in [9.17, 15) is 9.90 Å². The van der Waals surface area contributed by atoms with Gasteiger partial charge in [-0.1, -0.05) is 12.1 Å². The molecule has 0 bridgehead atoms. The Morgan fingerprint density at radius 1 is 1.33 bits per heavy atom. The molecule has 1 saturated heterocycles. The van der Waals surface area contributed by atoms with Gasteiger partial charge in [0.05, 0.1) is 12.6 Å². The highest BCUT2D eigenvalue weighted by Gasteiger charge is 2.25. The zero-order chi connectivity index (χ0) is 15.2. The fraction of sp³-hybridized carbons (Fsp3) is 0.562. The van der Waals surface area contributed by atoms with Gasteiger partial charge in [0.15, 0.2) is 0 Å². The number of urea groups is 1. The largest absolute Gasteiger partial charge is 0.394 e. The smallest absolute Gasteiger partial charge is 0.317 e. The standard InChI is InChI=1S/C16H25N3O2/c1-18(2)14-8-6-13(7-9-14)11-17-16(21)19-10-4-3-5-15(19)12-20/h6-9,15,20H,3-5,10-12H2,1-2H3,(H,17,21). The van der Waals surface area contributed by atoms with Gasteiger partial charge in [0.25, 0.3) is 0 Å². The summed E-state index contributed by atoms with van der Waals surface area (Å²) in [5, 5.41) is 12.3. The molecule has 21 heavy (non-hydrogen) atoms. The summed E-state index contributed by atoms with van der Waals surface area (Å²) in [5.74, 6) is 0. The summed E-state index contributed by atoms with van der Waals surface area (Å²) in [6, 6.07) is 8.02. The molecule has 5 heteroatoms. The quantitative estimate of drug-likeness (QED) is 0.889. The van der Waals surface area contributed by atoms with Gasteiger partial charge in [-0.3, -0.25) is 0 Å². The number of piperidine rings is 1. The fourth-order valence-electron chi connectivity index (χ4n) is 2.65. The van der Waals surface area contributed by atoms with E-state index in [0.29, 0.717) is 6.54 Å². The summed E-state index contributed by atoms with van der Waals surface area (Å²) in [7, 11) is 4.00. The number of anilines is 1. The number of carbonyl (C=O) groups is 1. The van der Waals surface area contributed by atoms with Crippen molar-refractivity contribution < 1.29 is 9.90 Å². The Kier molecular flexibility index (Phi) is 5.44. The average molecular weight is 291 g/mol. The number of benzene rings is 1. The van der Waals surface area contributed by atoms with Crippen LogP contribution in [0.4, 0.5) is 10.5 Å². The molecule has 0 saturated carbocycles. The third-order valence-electron chi connectivity index (χ3n) is 4.00. The number of aliphatic hydroxyl groups is 1. The summed E-state index contributed by atoms with van der Waals surface area (Å²) in [5.41, 5.74) is 2.22. The van der Waals surface area contributed by atoms with Crippen LogP contribution in [0, 0.1) is 0 Å². The number of amides is 2. The van der Waals surface area contributed by atoms with E-state index >= 15 is 0 Å². The highest BCUT2D eigenvalue weighted by Crippen LogP contribution is 2.17. The number of aliphatic hydroxyl groups excluding tert-OH is 1. The van der Waals surface area contributed by atoms with Crippen molar-refractivity contribution in [3.05, 3.63) is 29.8 Å². The fourth-order valence-corrected chi connectivity index (χ4v) is 2.65. The molecule has 1 aliphatic heterocycles. The first-order chi connectivity index (χ1) is 10.1. The molecule has 2 N–H and O–H groups in total. The Hall–Kier alpha value is -1.75. The number of nitrogens with one attached hydrogen (secondary N) is 1. The number of likely N-dealkylation sites (tertiary alicyclic amines) is 1. The van der Waals surface area contributed by atoms with Crippen LogP contribution in [-0.2, 0) is 6.54 Å². The predicted octanol–water partition coefficient (Wildman–Crippen LogP) is 1.81. The van der Waals surface area contributed by atoms with Crippen molar-refractivity contribution in [3.8, 4) is 0 Å². The Labute approximate surface area is 126 Å². The van der Waals surface area contributed by atoms with Crippen molar-refractivity contribution in [2.45, 2.75) is 31.8 Å². The van der Waals surface area contributed by atoms with E-state index in [1.165, 1.54) is 0 Å². The number of hydrogen-bond donors (Lipinski definition) is 2. The van der Waals surface area contributed by atoms with Crippen LogP contribution in [0.25, 0.3) is 0 Å². The maximum Gasteiger partial charge on any atom is 0.317 e. The Morgan fingerprint density at radius 3 is 2.67 bits per heavy atom. The minimum Gasteiger partial charge on any atom is -0.394 e. The molecule has 1 atom stereocenters. The summed E-state index contributed by atoms with van der Waals surface area (Å²) in [6.45, 7) is 1.29. The van der Waals surface area contributed by atoms with Crippen molar-refractivity contribution in [3.63, 3.8) is 0 Å². The molecular formula is C16H25N3O2. The number of carbonyl (C=O) groups excluding carboxylic acids is 1. The van der Waals surface area contributed by atoms with Gasteiger partial charge in [0.2, 0.25) is 0 Å². The molecular weight excluding hydrogens is 266 g/mol. The van der Waals surface area contributed by atoms with Crippen LogP contribution in [0.5, 0.6) is 0 Å². The maximum atomic E-state index is 12.2. The van der Waals surface area contributed by atoms with E-state index in [2.05, 4.69) is 5.32 Å². The monoisotopic (exact) mass is 291 g/mol. The lowest BCUT2D eigenvalue weighted by Crippen LogP contribution is -2.49. The molecule has 2 amide bonds. The molecule has 1 aromatic rings. The average Bonchev–Trinajstić information content (AvgIpc) is 2.52. The minimum atomic E-state index is -0.0783. The first kappa shape index (κ1) is 15.6. The van der Waals surface area contributed by atoms with Crippen molar-refractivity contribution in [2.24, 2.45) is 0 Å². The topological polar surface area (TPSA) is 55.8 Å². The Morgan fingerprint density at radius 2 is 2.05 bits per heavy atom. The second-order valence-electron chi connectivity index (χ2n) is 5.75. The van der Waals surface area contributed by atoms with Gasteiger partial charge in [-0.15, -0.1) is 0 Å². The molecule has 116 valence electrons. The summed E-state index contributed by atoms with van der Waals surface area (Å²) in [6.07, 6.45) is 2.99. The van der Waals surface area contributed by atoms with Crippen LogP contribution in [0.2, 0.25) is 0 Å². The second kappa shape index (κ2) is 7.31. The van der Waals surface area contributed by atoms with E-state index < -0.39 is 0 Å². The minimum absolute atomic E-state index is 0.0325. The highest BCUT2D eigenvalue weighted by molar-refractivity contribution is 5.74. The van der Waals surface area contributed by atoms with E-state index in [0.717, 1.165) is 37.1 Å².